The molecule has 0 atom stereocenters. The summed E-state index contributed by atoms with van der Waals surface area (Å²) in [6, 6.07) is 1.58. The molecule has 2 aromatic heterocycles. The van der Waals surface area contributed by atoms with Gasteiger partial charge in [0.25, 0.3) is 0 Å². The summed E-state index contributed by atoms with van der Waals surface area (Å²) in [7, 11) is 0. The molecule has 0 unspecified atom stereocenters. The SMILES string of the molecule is NCCc1nccn1-c1ccncc1[N+](=O)[O-]. The molecule has 2 heterocycles. The Morgan fingerprint density at radius 2 is 2.29 bits per heavy atom. The molecule has 0 amide bonds. The van der Waals surface area contributed by atoms with Gasteiger partial charge in [0.1, 0.15) is 17.7 Å². The number of hydrogen-bond donors (Lipinski definition) is 1. The minimum Gasteiger partial charge on any atom is -0.330 e. The fourth-order valence-corrected chi connectivity index (χ4v) is 1.59. The van der Waals surface area contributed by atoms with Crippen molar-refractivity contribution in [3.05, 3.63) is 46.8 Å². The van der Waals surface area contributed by atoms with Gasteiger partial charge in [-0.15, -0.1) is 0 Å². The molecular weight excluding hydrogens is 222 g/mol. The van der Waals surface area contributed by atoms with Gasteiger partial charge in [-0.1, -0.05) is 0 Å². The zero-order valence-corrected chi connectivity index (χ0v) is 8.98. The van der Waals surface area contributed by atoms with E-state index in [0.717, 1.165) is 0 Å². The fourth-order valence-electron chi connectivity index (χ4n) is 1.59. The molecule has 0 fully saturated rings. The molecule has 0 aromatic carbocycles. The molecule has 2 aromatic rings. The Bertz CT molecular complexity index is 537. The first-order valence-electron chi connectivity index (χ1n) is 5.05. The predicted molar refractivity (Wildman–Crippen MR) is 60.8 cm³/mol. The molecule has 0 aliphatic heterocycles. The lowest BCUT2D eigenvalue weighted by Crippen LogP contribution is -2.09. The highest BCUT2D eigenvalue weighted by atomic mass is 16.6. The van der Waals surface area contributed by atoms with Crippen LogP contribution in [-0.2, 0) is 6.42 Å². The van der Waals surface area contributed by atoms with Crippen molar-refractivity contribution >= 4 is 5.69 Å². The van der Waals surface area contributed by atoms with Gasteiger partial charge < -0.3 is 5.73 Å². The van der Waals surface area contributed by atoms with Crippen LogP contribution in [0.4, 0.5) is 5.69 Å². The number of pyridine rings is 1. The van der Waals surface area contributed by atoms with Gasteiger partial charge in [0, 0.05) is 25.0 Å². The average molecular weight is 233 g/mol. The summed E-state index contributed by atoms with van der Waals surface area (Å²) in [6.45, 7) is 0.440. The van der Waals surface area contributed by atoms with Gasteiger partial charge in [0.15, 0.2) is 0 Å². The predicted octanol–water partition coefficient (Wildman–Crippen LogP) is 0.677. The highest BCUT2D eigenvalue weighted by molar-refractivity contribution is 5.50. The van der Waals surface area contributed by atoms with Crippen LogP contribution in [0.2, 0.25) is 0 Å². The third-order valence-electron chi connectivity index (χ3n) is 2.32. The molecule has 88 valence electrons. The van der Waals surface area contributed by atoms with Crippen LogP contribution < -0.4 is 5.73 Å². The molecule has 2 rings (SSSR count). The maximum absolute atomic E-state index is 10.9. The van der Waals surface area contributed by atoms with Crippen LogP contribution in [0, 0.1) is 10.1 Å². The van der Waals surface area contributed by atoms with Crippen LogP contribution in [0.1, 0.15) is 5.82 Å². The second-order valence-electron chi connectivity index (χ2n) is 3.37. The van der Waals surface area contributed by atoms with E-state index >= 15 is 0 Å². The van der Waals surface area contributed by atoms with Gasteiger partial charge in [0.2, 0.25) is 0 Å². The Kier molecular flexibility index (Phi) is 3.10. The summed E-state index contributed by atoms with van der Waals surface area (Å²) < 4.78 is 1.66. The summed E-state index contributed by atoms with van der Waals surface area (Å²) in [5.41, 5.74) is 5.86. The topological polar surface area (TPSA) is 99.9 Å². The first-order valence-corrected chi connectivity index (χ1v) is 5.05. The summed E-state index contributed by atoms with van der Waals surface area (Å²) in [5.74, 6) is 0.696. The Morgan fingerprint density at radius 1 is 1.47 bits per heavy atom. The van der Waals surface area contributed by atoms with Gasteiger partial charge in [0.05, 0.1) is 4.92 Å². The van der Waals surface area contributed by atoms with E-state index in [1.165, 1.54) is 12.4 Å². The highest BCUT2D eigenvalue weighted by Crippen LogP contribution is 2.22. The Labute approximate surface area is 97.1 Å². The van der Waals surface area contributed by atoms with E-state index in [9.17, 15) is 10.1 Å². The van der Waals surface area contributed by atoms with Crippen molar-refractivity contribution in [2.75, 3.05) is 6.54 Å². The molecule has 0 bridgehead atoms. The fraction of sp³-hybridized carbons (Fsp3) is 0.200. The van der Waals surface area contributed by atoms with Crippen LogP contribution in [0.3, 0.4) is 0 Å². The normalized spacial score (nSPS) is 10.4. The molecule has 0 saturated carbocycles. The van der Waals surface area contributed by atoms with Gasteiger partial charge in [-0.3, -0.25) is 19.7 Å². The van der Waals surface area contributed by atoms with Crippen LogP contribution in [-0.4, -0.2) is 26.0 Å². The molecule has 0 spiro atoms. The second-order valence-corrected chi connectivity index (χ2v) is 3.37. The molecule has 0 radical (unpaired) electrons. The summed E-state index contributed by atoms with van der Waals surface area (Å²) in [6.07, 6.45) is 6.56. The lowest BCUT2D eigenvalue weighted by atomic mass is 10.3. The number of imidazole rings is 1. The number of rotatable bonds is 4. The van der Waals surface area contributed by atoms with Gasteiger partial charge in [-0.2, -0.15) is 0 Å². The second kappa shape index (κ2) is 4.71. The van der Waals surface area contributed by atoms with Crippen LogP contribution in [0.15, 0.2) is 30.9 Å². The molecule has 2 N–H and O–H groups in total. The highest BCUT2D eigenvalue weighted by Gasteiger charge is 2.16. The van der Waals surface area contributed by atoms with Gasteiger partial charge in [-0.05, 0) is 12.6 Å². The Morgan fingerprint density at radius 3 is 3.00 bits per heavy atom. The molecule has 0 aliphatic carbocycles. The standard InChI is InChI=1S/C10H11N5O2/c11-3-1-10-13-5-6-14(10)8-2-4-12-7-9(8)15(16)17/h2,4-7H,1,3,11H2. The number of hydrogen-bond acceptors (Lipinski definition) is 5. The smallest absolute Gasteiger partial charge is 0.311 e. The number of aromatic nitrogens is 3. The summed E-state index contributed by atoms with van der Waals surface area (Å²) in [5, 5.41) is 10.9. The molecule has 17 heavy (non-hydrogen) atoms. The first-order chi connectivity index (χ1) is 8.24. The first kappa shape index (κ1) is 11.2. The zero-order valence-electron chi connectivity index (χ0n) is 8.98. The van der Waals surface area contributed by atoms with E-state index in [4.69, 9.17) is 5.73 Å². The number of nitrogens with two attached hydrogens (primary N) is 1. The maximum atomic E-state index is 10.9. The van der Waals surface area contributed by atoms with Crippen molar-refractivity contribution in [3.8, 4) is 5.69 Å². The molecule has 0 aliphatic rings. The van der Waals surface area contributed by atoms with Crippen molar-refractivity contribution in [1.82, 2.24) is 14.5 Å². The van der Waals surface area contributed by atoms with Crippen molar-refractivity contribution in [2.45, 2.75) is 6.42 Å². The van der Waals surface area contributed by atoms with E-state index in [1.807, 2.05) is 0 Å². The van der Waals surface area contributed by atoms with Crippen molar-refractivity contribution in [1.29, 1.82) is 0 Å². The summed E-state index contributed by atoms with van der Waals surface area (Å²) >= 11 is 0. The van der Waals surface area contributed by atoms with Gasteiger partial charge in [-0.25, -0.2) is 4.98 Å². The third-order valence-corrected chi connectivity index (χ3v) is 2.32. The number of nitrogens with zero attached hydrogens (tertiary/aromatic N) is 4. The molecule has 7 heteroatoms. The van der Waals surface area contributed by atoms with E-state index in [2.05, 4.69) is 9.97 Å². The molecular formula is C10H11N5O2. The molecule has 7 nitrogen and oxygen atoms in total. The van der Waals surface area contributed by atoms with E-state index in [1.54, 1.807) is 23.0 Å². The van der Waals surface area contributed by atoms with Crippen molar-refractivity contribution in [3.63, 3.8) is 0 Å². The minimum atomic E-state index is -0.464. The van der Waals surface area contributed by atoms with Crippen molar-refractivity contribution < 1.29 is 4.92 Å². The minimum absolute atomic E-state index is 0.0521. The quantitative estimate of drug-likeness (QED) is 0.618. The van der Waals surface area contributed by atoms with E-state index in [-0.39, 0.29) is 5.69 Å². The lowest BCUT2D eigenvalue weighted by molar-refractivity contribution is -0.384. The van der Waals surface area contributed by atoms with Crippen LogP contribution in [0.25, 0.3) is 5.69 Å². The van der Waals surface area contributed by atoms with Crippen molar-refractivity contribution in [2.24, 2.45) is 5.73 Å². The lowest BCUT2D eigenvalue weighted by Gasteiger charge is -2.06. The monoisotopic (exact) mass is 233 g/mol. The van der Waals surface area contributed by atoms with Crippen LogP contribution >= 0.6 is 0 Å². The number of nitro groups is 1. The van der Waals surface area contributed by atoms with E-state index < -0.39 is 4.92 Å². The largest absolute Gasteiger partial charge is 0.330 e. The molecule has 0 saturated heterocycles. The third kappa shape index (κ3) is 2.13. The Hall–Kier alpha value is -2.28. The maximum Gasteiger partial charge on any atom is 0.311 e. The summed E-state index contributed by atoms with van der Waals surface area (Å²) in [4.78, 5) is 18.3. The van der Waals surface area contributed by atoms with Crippen LogP contribution in [0.5, 0.6) is 0 Å². The average Bonchev–Trinajstić information content (AvgIpc) is 2.77. The van der Waals surface area contributed by atoms with E-state index in [0.29, 0.717) is 24.5 Å². The Balaban J connectivity index is 2.52. The van der Waals surface area contributed by atoms with Gasteiger partial charge >= 0.3 is 5.69 Å². The zero-order chi connectivity index (χ0) is 12.3.